The molecule has 1 heterocycles. The third-order valence-corrected chi connectivity index (χ3v) is 1.99. The highest BCUT2D eigenvalue weighted by Crippen LogP contribution is 2.24. The van der Waals surface area contributed by atoms with Crippen LogP contribution in [0.25, 0.3) is 11.3 Å². The van der Waals surface area contributed by atoms with Crippen LogP contribution in [-0.4, -0.2) is 21.3 Å². The molecule has 0 radical (unpaired) electrons. The van der Waals surface area contributed by atoms with Gasteiger partial charge in [0.25, 0.3) is 5.91 Å². The van der Waals surface area contributed by atoms with Gasteiger partial charge in [0.05, 0.1) is 0 Å². The number of hydrogen-bond donors (Lipinski definition) is 2. The molecule has 1 aromatic heterocycles. The van der Waals surface area contributed by atoms with Gasteiger partial charge in [-0.05, 0) is 12.1 Å². The van der Waals surface area contributed by atoms with E-state index in [1.807, 2.05) is 0 Å². The lowest BCUT2D eigenvalue weighted by molar-refractivity contribution is 0.0996. The molecule has 1 amide bonds. The fourth-order valence-electron chi connectivity index (χ4n) is 1.28. The van der Waals surface area contributed by atoms with E-state index in [-0.39, 0.29) is 17.0 Å². The predicted molar refractivity (Wildman–Crippen MR) is 50.3 cm³/mol. The number of nitrogens with one attached hydrogen (secondary N) is 1. The second-order valence-electron chi connectivity index (χ2n) is 2.99. The Bertz CT molecular complexity index is 552. The van der Waals surface area contributed by atoms with E-state index in [1.165, 1.54) is 12.1 Å². The number of carbonyl (C=O) groups excluding carboxylic acids is 1. The highest BCUT2D eigenvalue weighted by Gasteiger charge is 2.19. The molecular formula is C9H6F2N4O. The number of aromatic nitrogens is 3. The topological polar surface area (TPSA) is 84.7 Å². The quantitative estimate of drug-likeness (QED) is 0.792. The molecule has 0 aliphatic heterocycles. The molecule has 7 heteroatoms. The SMILES string of the molecule is NC(=O)c1n[nH]nc1-c1cccc(F)c1F. The van der Waals surface area contributed by atoms with Gasteiger partial charge in [0.2, 0.25) is 0 Å². The maximum Gasteiger partial charge on any atom is 0.271 e. The molecule has 0 bridgehead atoms. The van der Waals surface area contributed by atoms with Gasteiger partial charge >= 0.3 is 0 Å². The first-order valence-electron chi connectivity index (χ1n) is 4.26. The van der Waals surface area contributed by atoms with Gasteiger partial charge in [0.1, 0.15) is 5.69 Å². The van der Waals surface area contributed by atoms with E-state index in [1.54, 1.807) is 0 Å². The number of nitrogens with two attached hydrogens (primary N) is 1. The van der Waals surface area contributed by atoms with E-state index >= 15 is 0 Å². The Labute approximate surface area is 88.3 Å². The van der Waals surface area contributed by atoms with E-state index in [4.69, 9.17) is 5.73 Å². The minimum atomic E-state index is -1.10. The van der Waals surface area contributed by atoms with Gasteiger partial charge in [-0.1, -0.05) is 6.07 Å². The summed E-state index contributed by atoms with van der Waals surface area (Å²) in [5, 5.41) is 9.16. The fraction of sp³-hybridized carbons (Fsp3) is 0. The van der Waals surface area contributed by atoms with Crippen LogP contribution in [0, 0.1) is 11.6 Å². The van der Waals surface area contributed by atoms with Gasteiger partial charge in [0, 0.05) is 5.56 Å². The van der Waals surface area contributed by atoms with Gasteiger partial charge in [-0.25, -0.2) is 8.78 Å². The van der Waals surface area contributed by atoms with Crippen LogP contribution in [0.2, 0.25) is 0 Å². The number of amides is 1. The van der Waals surface area contributed by atoms with Crippen molar-refractivity contribution in [1.82, 2.24) is 15.4 Å². The summed E-state index contributed by atoms with van der Waals surface area (Å²) < 4.78 is 26.4. The zero-order valence-corrected chi connectivity index (χ0v) is 7.87. The monoisotopic (exact) mass is 224 g/mol. The molecule has 82 valence electrons. The second kappa shape index (κ2) is 3.69. The minimum Gasteiger partial charge on any atom is -0.364 e. The molecule has 0 spiro atoms. The van der Waals surface area contributed by atoms with Crippen LogP contribution < -0.4 is 5.73 Å². The van der Waals surface area contributed by atoms with Crippen LogP contribution in [0.15, 0.2) is 18.2 Å². The van der Waals surface area contributed by atoms with Crippen LogP contribution in [-0.2, 0) is 0 Å². The predicted octanol–water partition coefficient (Wildman–Crippen LogP) is 0.849. The smallest absolute Gasteiger partial charge is 0.271 e. The highest BCUT2D eigenvalue weighted by atomic mass is 19.2. The molecule has 3 N–H and O–H groups in total. The lowest BCUT2D eigenvalue weighted by atomic mass is 10.1. The van der Waals surface area contributed by atoms with Gasteiger partial charge in [-0.3, -0.25) is 4.79 Å². The number of halogens is 2. The molecule has 0 saturated heterocycles. The second-order valence-corrected chi connectivity index (χ2v) is 2.99. The van der Waals surface area contributed by atoms with Crippen molar-refractivity contribution in [3.05, 3.63) is 35.5 Å². The van der Waals surface area contributed by atoms with Crippen molar-refractivity contribution in [2.24, 2.45) is 5.73 Å². The third-order valence-electron chi connectivity index (χ3n) is 1.99. The van der Waals surface area contributed by atoms with Crippen molar-refractivity contribution in [2.45, 2.75) is 0 Å². The number of nitrogens with zero attached hydrogens (tertiary/aromatic N) is 2. The zero-order valence-electron chi connectivity index (χ0n) is 7.87. The minimum absolute atomic E-state index is 0.107. The maximum atomic E-state index is 13.4. The molecule has 0 atom stereocenters. The molecule has 0 fully saturated rings. The first kappa shape index (κ1) is 10.2. The molecule has 1 aromatic carbocycles. The van der Waals surface area contributed by atoms with Crippen LogP contribution in [0.1, 0.15) is 10.5 Å². The summed E-state index contributed by atoms with van der Waals surface area (Å²) in [6, 6.07) is 3.54. The summed E-state index contributed by atoms with van der Waals surface area (Å²) >= 11 is 0. The van der Waals surface area contributed by atoms with Gasteiger partial charge in [0.15, 0.2) is 17.3 Å². The van der Waals surface area contributed by atoms with Crippen molar-refractivity contribution in [3.63, 3.8) is 0 Å². The van der Waals surface area contributed by atoms with Gasteiger partial charge in [-0.15, -0.1) is 0 Å². The number of carbonyl (C=O) groups is 1. The molecule has 2 rings (SSSR count). The maximum absolute atomic E-state index is 13.4. The molecule has 16 heavy (non-hydrogen) atoms. The van der Waals surface area contributed by atoms with E-state index < -0.39 is 17.5 Å². The Hall–Kier alpha value is -2.31. The standard InChI is InChI=1S/C9H6F2N4O/c10-5-3-1-2-4(6(5)11)7-8(9(12)16)14-15-13-7/h1-3H,(H2,12,16)(H,13,14,15). The van der Waals surface area contributed by atoms with E-state index in [9.17, 15) is 13.6 Å². The molecule has 0 saturated carbocycles. The highest BCUT2D eigenvalue weighted by molar-refractivity contribution is 5.96. The number of H-pyrrole nitrogens is 1. The molecule has 0 unspecified atom stereocenters. The lowest BCUT2D eigenvalue weighted by Crippen LogP contribution is -2.13. The average molecular weight is 224 g/mol. The Kier molecular flexibility index (Phi) is 2.35. The Morgan fingerprint density at radius 2 is 2.06 bits per heavy atom. The largest absolute Gasteiger partial charge is 0.364 e. The van der Waals surface area contributed by atoms with Crippen LogP contribution in [0.3, 0.4) is 0 Å². The van der Waals surface area contributed by atoms with Crippen molar-refractivity contribution < 1.29 is 13.6 Å². The van der Waals surface area contributed by atoms with Crippen LogP contribution in [0.5, 0.6) is 0 Å². The first-order chi connectivity index (χ1) is 7.61. The summed E-state index contributed by atoms with van der Waals surface area (Å²) in [4.78, 5) is 10.9. The number of aromatic amines is 1. The first-order valence-corrected chi connectivity index (χ1v) is 4.26. The summed E-state index contributed by atoms with van der Waals surface area (Å²) in [6.45, 7) is 0. The molecule has 0 aliphatic carbocycles. The zero-order chi connectivity index (χ0) is 11.7. The number of benzene rings is 1. The van der Waals surface area contributed by atoms with Gasteiger partial charge in [-0.2, -0.15) is 15.4 Å². The van der Waals surface area contributed by atoms with Gasteiger partial charge < -0.3 is 5.73 Å². The normalized spacial score (nSPS) is 10.4. The molecule has 2 aromatic rings. The number of primary amides is 1. The summed E-state index contributed by atoms with van der Waals surface area (Å²) in [5.41, 5.74) is 4.50. The van der Waals surface area contributed by atoms with Crippen molar-refractivity contribution in [3.8, 4) is 11.3 Å². The van der Waals surface area contributed by atoms with Crippen molar-refractivity contribution in [1.29, 1.82) is 0 Å². The fourth-order valence-corrected chi connectivity index (χ4v) is 1.28. The van der Waals surface area contributed by atoms with Crippen molar-refractivity contribution in [2.75, 3.05) is 0 Å². The Balaban J connectivity index is 2.63. The molecule has 5 nitrogen and oxygen atoms in total. The molecule has 0 aliphatic rings. The van der Waals surface area contributed by atoms with Crippen LogP contribution >= 0.6 is 0 Å². The summed E-state index contributed by atoms with van der Waals surface area (Å²) in [7, 11) is 0. The lowest BCUT2D eigenvalue weighted by Gasteiger charge is -2.00. The summed E-state index contributed by atoms with van der Waals surface area (Å²) in [5.74, 6) is -3.00. The third kappa shape index (κ3) is 1.52. The number of hydrogen-bond acceptors (Lipinski definition) is 3. The Morgan fingerprint density at radius 3 is 2.75 bits per heavy atom. The van der Waals surface area contributed by atoms with E-state index in [0.717, 1.165) is 6.07 Å². The van der Waals surface area contributed by atoms with E-state index in [2.05, 4.69) is 15.4 Å². The number of rotatable bonds is 2. The Morgan fingerprint density at radius 1 is 1.31 bits per heavy atom. The summed E-state index contributed by atoms with van der Waals surface area (Å²) in [6.07, 6.45) is 0. The van der Waals surface area contributed by atoms with Crippen LogP contribution in [0.4, 0.5) is 8.78 Å². The average Bonchev–Trinajstić information content (AvgIpc) is 2.70. The van der Waals surface area contributed by atoms with E-state index in [0.29, 0.717) is 0 Å². The van der Waals surface area contributed by atoms with Crippen molar-refractivity contribution >= 4 is 5.91 Å². The molecular weight excluding hydrogens is 218 g/mol.